The van der Waals surface area contributed by atoms with E-state index in [1.807, 2.05) is 4.57 Å². The molecule has 2 atom stereocenters. The van der Waals surface area contributed by atoms with E-state index in [4.69, 9.17) is 20.2 Å². The number of nitrogen functional groups attached to an aromatic ring is 1. The number of hydrogen-bond donors (Lipinski definition) is 2. The van der Waals surface area contributed by atoms with Gasteiger partial charge in [-0.05, 0) is 57.3 Å². The van der Waals surface area contributed by atoms with E-state index in [-0.39, 0.29) is 24.3 Å². The van der Waals surface area contributed by atoms with Gasteiger partial charge >= 0.3 is 6.09 Å². The third-order valence-corrected chi connectivity index (χ3v) is 7.15. The number of rotatable bonds is 6. The lowest BCUT2D eigenvalue weighted by Crippen LogP contribution is -2.39. The Morgan fingerprint density at radius 1 is 1.09 bits per heavy atom. The van der Waals surface area contributed by atoms with E-state index in [9.17, 15) is 9.59 Å². The minimum absolute atomic E-state index is 0.0309. The van der Waals surface area contributed by atoms with Crippen LogP contribution in [0.5, 0.6) is 0 Å². The number of nitrogens with zero attached hydrogens (tertiary/aromatic N) is 5. The largest absolute Gasteiger partial charge is 0.446 e. The molecule has 6 rings (SSSR count). The molecule has 11 heteroatoms. The van der Waals surface area contributed by atoms with Gasteiger partial charge in [-0.1, -0.05) is 0 Å². The second-order valence-electron chi connectivity index (χ2n) is 10.0. The average Bonchev–Trinajstić information content (AvgIpc) is 3.72. The molecule has 4 aliphatic rings. The Kier molecular flexibility index (Phi) is 5.51. The molecule has 0 aromatic carbocycles. The fourth-order valence-corrected chi connectivity index (χ4v) is 4.81. The summed E-state index contributed by atoms with van der Waals surface area (Å²) in [4.78, 5) is 40.1. The zero-order chi connectivity index (χ0) is 23.2. The van der Waals surface area contributed by atoms with Crippen LogP contribution < -0.4 is 11.1 Å². The zero-order valence-electron chi connectivity index (χ0n) is 19.2. The number of amides is 2. The molecule has 3 N–H and O–H groups in total. The number of ether oxygens (including phenoxy) is 2. The van der Waals surface area contributed by atoms with E-state index in [0.29, 0.717) is 67.1 Å². The smallest absolute Gasteiger partial charge is 0.410 e. The van der Waals surface area contributed by atoms with Gasteiger partial charge in [0.1, 0.15) is 29.8 Å². The lowest BCUT2D eigenvalue weighted by atomic mass is 9.93. The molecule has 34 heavy (non-hydrogen) atoms. The topological polar surface area (TPSA) is 137 Å². The van der Waals surface area contributed by atoms with Crippen LogP contribution in [0.1, 0.15) is 63.4 Å². The first-order valence-corrected chi connectivity index (χ1v) is 12.4. The molecule has 4 heterocycles. The van der Waals surface area contributed by atoms with E-state index >= 15 is 0 Å². The molecule has 2 saturated carbocycles. The molecule has 2 aliphatic heterocycles. The number of imidazole rings is 1. The summed E-state index contributed by atoms with van der Waals surface area (Å²) in [5.41, 5.74) is 7.42. The number of hydrogen-bond acceptors (Lipinski definition) is 8. The number of piperidine rings is 1. The molecule has 4 fully saturated rings. The SMILES string of the molecule is Nc1nc(CC2CCN(C(=O)OC3CC3)CC2)nc2c1ncn2[C@H]1CC[C@@H](C(=O)NC2CC2)O1. The second kappa shape index (κ2) is 8.68. The Hall–Kier alpha value is -2.95. The Balaban J connectivity index is 1.11. The Morgan fingerprint density at radius 3 is 2.62 bits per heavy atom. The van der Waals surface area contributed by atoms with Crippen LogP contribution in [0.25, 0.3) is 11.2 Å². The van der Waals surface area contributed by atoms with Gasteiger partial charge in [-0.15, -0.1) is 0 Å². The minimum atomic E-state index is -0.446. The third-order valence-electron chi connectivity index (χ3n) is 7.15. The van der Waals surface area contributed by atoms with Gasteiger partial charge in [0.05, 0.1) is 6.33 Å². The first kappa shape index (κ1) is 21.6. The van der Waals surface area contributed by atoms with Gasteiger partial charge in [-0.2, -0.15) is 0 Å². The van der Waals surface area contributed by atoms with E-state index in [1.165, 1.54) is 0 Å². The lowest BCUT2D eigenvalue weighted by molar-refractivity contribution is -0.134. The molecule has 11 nitrogen and oxygen atoms in total. The molecule has 2 aliphatic carbocycles. The first-order valence-electron chi connectivity index (χ1n) is 12.4. The van der Waals surface area contributed by atoms with Gasteiger partial charge in [0, 0.05) is 25.6 Å². The van der Waals surface area contributed by atoms with E-state index in [0.717, 1.165) is 38.5 Å². The Bertz CT molecular complexity index is 1090. The van der Waals surface area contributed by atoms with Crippen LogP contribution in [0.2, 0.25) is 0 Å². The van der Waals surface area contributed by atoms with Gasteiger partial charge in [0.25, 0.3) is 0 Å². The van der Waals surface area contributed by atoms with Crippen molar-refractivity contribution < 1.29 is 19.1 Å². The highest BCUT2D eigenvalue weighted by Crippen LogP contribution is 2.33. The maximum absolute atomic E-state index is 12.4. The number of carbonyl (C=O) groups excluding carboxylic acids is 2. The van der Waals surface area contributed by atoms with Crippen molar-refractivity contribution in [3.63, 3.8) is 0 Å². The van der Waals surface area contributed by atoms with Crippen molar-refractivity contribution in [2.45, 2.75) is 82.3 Å². The van der Waals surface area contributed by atoms with Crippen molar-refractivity contribution in [2.24, 2.45) is 5.92 Å². The van der Waals surface area contributed by atoms with Crippen LogP contribution in [0, 0.1) is 5.92 Å². The van der Waals surface area contributed by atoms with E-state index in [1.54, 1.807) is 11.2 Å². The number of fused-ring (bicyclic) bond motifs is 1. The van der Waals surface area contributed by atoms with Crippen LogP contribution in [-0.2, 0) is 20.7 Å². The fraction of sp³-hybridized carbons (Fsp3) is 0.696. The third kappa shape index (κ3) is 4.53. The highest BCUT2D eigenvalue weighted by Gasteiger charge is 2.35. The molecule has 0 radical (unpaired) electrons. The van der Waals surface area contributed by atoms with Crippen molar-refractivity contribution in [1.82, 2.24) is 29.7 Å². The summed E-state index contributed by atoms with van der Waals surface area (Å²) in [5, 5.41) is 3.02. The van der Waals surface area contributed by atoms with Gasteiger partial charge in [0.2, 0.25) is 5.91 Å². The van der Waals surface area contributed by atoms with E-state index < -0.39 is 6.10 Å². The molecule has 2 saturated heterocycles. The van der Waals surface area contributed by atoms with Crippen LogP contribution in [-0.4, -0.2) is 67.8 Å². The molecule has 182 valence electrons. The molecule has 2 amide bonds. The summed E-state index contributed by atoms with van der Waals surface area (Å²) in [5.74, 6) is 1.37. The van der Waals surface area contributed by atoms with E-state index in [2.05, 4.69) is 15.3 Å². The molecule has 0 unspecified atom stereocenters. The standard InChI is InChI=1S/C23H31N7O4/c24-20-19-21(30(12-25-19)18-6-5-16(34-18)22(31)26-14-1-2-14)28-17(27-20)11-13-7-9-29(10-8-13)23(32)33-15-3-4-15/h12-16,18H,1-11H2,(H,26,31)(H2,24,27,28)/t16-,18+/m0/s1. The normalized spacial score (nSPS) is 25.6. The molecule has 2 aromatic rings. The van der Waals surface area contributed by atoms with Crippen molar-refractivity contribution in [2.75, 3.05) is 18.8 Å². The number of likely N-dealkylation sites (tertiary alicyclic amines) is 1. The molecule has 2 aromatic heterocycles. The monoisotopic (exact) mass is 469 g/mol. The fourth-order valence-electron chi connectivity index (χ4n) is 4.81. The molecule has 0 spiro atoms. The molecular formula is C23H31N7O4. The van der Waals surface area contributed by atoms with Crippen LogP contribution in [0.4, 0.5) is 10.6 Å². The molecule has 0 bridgehead atoms. The van der Waals surface area contributed by atoms with Gasteiger partial charge in [0.15, 0.2) is 11.5 Å². The zero-order valence-corrected chi connectivity index (χ0v) is 19.2. The average molecular weight is 470 g/mol. The summed E-state index contributed by atoms with van der Waals surface area (Å²) in [6.45, 7) is 1.37. The van der Waals surface area contributed by atoms with Crippen LogP contribution in [0.3, 0.4) is 0 Å². The van der Waals surface area contributed by atoms with Gasteiger partial charge in [-0.3, -0.25) is 9.36 Å². The summed E-state index contributed by atoms with van der Waals surface area (Å²) in [7, 11) is 0. The lowest BCUT2D eigenvalue weighted by Gasteiger charge is -2.31. The summed E-state index contributed by atoms with van der Waals surface area (Å²) in [6.07, 6.45) is 8.77. The minimum Gasteiger partial charge on any atom is -0.446 e. The second-order valence-corrected chi connectivity index (χ2v) is 10.0. The number of anilines is 1. The Labute approximate surface area is 197 Å². The molecular weight excluding hydrogens is 438 g/mol. The summed E-state index contributed by atoms with van der Waals surface area (Å²) >= 11 is 0. The quantitative estimate of drug-likeness (QED) is 0.654. The highest BCUT2D eigenvalue weighted by atomic mass is 16.6. The number of aromatic nitrogens is 4. The predicted octanol–water partition coefficient (Wildman–Crippen LogP) is 1.92. The summed E-state index contributed by atoms with van der Waals surface area (Å²) < 4.78 is 13.3. The number of nitrogens with one attached hydrogen (secondary N) is 1. The summed E-state index contributed by atoms with van der Waals surface area (Å²) in [6, 6.07) is 0.315. The van der Waals surface area contributed by atoms with Crippen molar-refractivity contribution >= 4 is 29.0 Å². The van der Waals surface area contributed by atoms with Gasteiger partial charge < -0.3 is 25.4 Å². The van der Waals surface area contributed by atoms with Crippen LogP contribution in [0.15, 0.2) is 6.33 Å². The maximum atomic E-state index is 12.4. The highest BCUT2D eigenvalue weighted by molar-refractivity contribution is 5.82. The van der Waals surface area contributed by atoms with Crippen molar-refractivity contribution in [3.8, 4) is 0 Å². The predicted molar refractivity (Wildman–Crippen MR) is 122 cm³/mol. The first-order chi connectivity index (χ1) is 16.5. The van der Waals surface area contributed by atoms with Crippen molar-refractivity contribution in [3.05, 3.63) is 12.2 Å². The number of nitrogens with two attached hydrogens (primary N) is 1. The van der Waals surface area contributed by atoms with Gasteiger partial charge in [-0.25, -0.2) is 19.7 Å². The number of carbonyl (C=O) groups is 2. The Morgan fingerprint density at radius 2 is 1.88 bits per heavy atom. The van der Waals surface area contributed by atoms with Crippen LogP contribution >= 0.6 is 0 Å². The van der Waals surface area contributed by atoms with Crippen molar-refractivity contribution in [1.29, 1.82) is 0 Å². The maximum Gasteiger partial charge on any atom is 0.410 e.